The number of oxazole rings is 1. The average molecular weight is 285 g/mol. The second-order valence-electron chi connectivity index (χ2n) is 3.85. The van der Waals surface area contributed by atoms with E-state index in [2.05, 4.69) is 17.2 Å². The molecule has 0 radical (unpaired) electrons. The fraction of sp³-hybridized carbons (Fsp3) is 0.308. The van der Waals surface area contributed by atoms with E-state index in [0.29, 0.717) is 15.8 Å². The topological polar surface area (TPSA) is 38.1 Å². The number of rotatable bonds is 5. The Morgan fingerprint density at radius 1 is 1.28 bits per heavy atom. The van der Waals surface area contributed by atoms with Crippen LogP contribution in [-0.4, -0.2) is 18.1 Å². The summed E-state index contributed by atoms with van der Waals surface area (Å²) in [6.45, 7) is 3.87. The fourth-order valence-corrected chi connectivity index (χ4v) is 1.88. The van der Waals surface area contributed by atoms with Gasteiger partial charge in [-0.3, -0.25) is 0 Å². The molecule has 5 heteroatoms. The van der Waals surface area contributed by atoms with Crippen molar-refractivity contribution in [3.05, 3.63) is 40.3 Å². The third kappa shape index (κ3) is 3.25. The van der Waals surface area contributed by atoms with Gasteiger partial charge in [-0.05, 0) is 24.7 Å². The molecular weight excluding hydrogens is 271 g/mol. The predicted octanol–water partition coefficient (Wildman–Crippen LogP) is 3.80. The first-order valence-corrected chi connectivity index (χ1v) is 6.57. The zero-order valence-corrected chi connectivity index (χ0v) is 11.6. The minimum absolute atomic E-state index is 0.514. The third-order valence-electron chi connectivity index (χ3n) is 2.52. The van der Waals surface area contributed by atoms with Crippen LogP contribution in [0.3, 0.4) is 0 Å². The maximum Gasteiger partial charge on any atom is 0.196 e. The highest BCUT2D eigenvalue weighted by molar-refractivity contribution is 6.42. The van der Waals surface area contributed by atoms with Crippen molar-refractivity contribution in [3.63, 3.8) is 0 Å². The van der Waals surface area contributed by atoms with Gasteiger partial charge in [0.25, 0.3) is 0 Å². The Bertz CT molecular complexity index is 525. The fourth-order valence-electron chi connectivity index (χ4n) is 1.58. The van der Waals surface area contributed by atoms with Crippen molar-refractivity contribution in [1.29, 1.82) is 0 Å². The summed E-state index contributed by atoms with van der Waals surface area (Å²) in [6, 6.07) is 5.39. The van der Waals surface area contributed by atoms with Crippen molar-refractivity contribution in [2.45, 2.75) is 13.3 Å². The van der Waals surface area contributed by atoms with Gasteiger partial charge in [-0.1, -0.05) is 30.1 Å². The van der Waals surface area contributed by atoms with Gasteiger partial charge in [-0.15, -0.1) is 0 Å². The van der Waals surface area contributed by atoms with Crippen molar-refractivity contribution >= 4 is 23.2 Å². The lowest BCUT2D eigenvalue weighted by Crippen LogP contribution is -2.16. The van der Waals surface area contributed by atoms with Crippen LogP contribution in [0.5, 0.6) is 0 Å². The number of hydrogen-bond acceptors (Lipinski definition) is 3. The maximum atomic E-state index is 5.97. The quantitative estimate of drug-likeness (QED) is 0.849. The maximum absolute atomic E-state index is 5.97. The Morgan fingerprint density at radius 2 is 2.11 bits per heavy atom. The van der Waals surface area contributed by atoms with Crippen molar-refractivity contribution in [3.8, 4) is 11.3 Å². The van der Waals surface area contributed by atoms with Crippen molar-refractivity contribution in [2.75, 3.05) is 13.1 Å². The minimum Gasteiger partial charge on any atom is -0.441 e. The molecule has 0 atom stereocenters. The number of halogens is 2. The molecule has 2 rings (SSSR count). The normalized spacial score (nSPS) is 10.8. The summed E-state index contributed by atoms with van der Waals surface area (Å²) in [5.41, 5.74) is 0.881. The smallest absolute Gasteiger partial charge is 0.196 e. The first kappa shape index (κ1) is 13.4. The van der Waals surface area contributed by atoms with Crippen LogP contribution in [0.15, 0.2) is 28.8 Å². The molecule has 0 aliphatic heterocycles. The molecule has 0 spiro atoms. The molecular formula is C13H14Cl2N2O. The van der Waals surface area contributed by atoms with Crippen LogP contribution in [0.2, 0.25) is 10.0 Å². The summed E-state index contributed by atoms with van der Waals surface area (Å²) in [6.07, 6.45) is 2.48. The Hall–Kier alpha value is -1.03. The zero-order valence-electron chi connectivity index (χ0n) is 10.0. The first-order chi connectivity index (χ1) is 8.70. The zero-order chi connectivity index (χ0) is 13.0. The van der Waals surface area contributed by atoms with Crippen LogP contribution >= 0.6 is 23.2 Å². The van der Waals surface area contributed by atoms with Crippen LogP contribution < -0.4 is 5.32 Å². The third-order valence-corrected chi connectivity index (χ3v) is 3.26. The number of benzene rings is 1. The second-order valence-corrected chi connectivity index (χ2v) is 4.67. The van der Waals surface area contributed by atoms with Gasteiger partial charge in [-0.25, -0.2) is 4.98 Å². The molecule has 1 N–H and O–H groups in total. The molecule has 18 heavy (non-hydrogen) atoms. The van der Waals surface area contributed by atoms with Gasteiger partial charge in [0, 0.05) is 18.5 Å². The van der Waals surface area contributed by atoms with Crippen LogP contribution in [0.25, 0.3) is 11.3 Å². The lowest BCUT2D eigenvalue weighted by Gasteiger charge is -1.99. The number of nitrogens with one attached hydrogen (secondary N) is 1. The molecule has 0 amide bonds. The van der Waals surface area contributed by atoms with Crippen LogP contribution in [0.4, 0.5) is 0 Å². The van der Waals surface area contributed by atoms with Gasteiger partial charge in [0.15, 0.2) is 11.7 Å². The molecule has 1 aromatic carbocycles. The molecule has 1 aromatic heterocycles. The molecule has 0 unspecified atom stereocenters. The Morgan fingerprint density at radius 3 is 2.83 bits per heavy atom. The molecule has 0 aliphatic rings. The van der Waals surface area contributed by atoms with E-state index in [1.807, 2.05) is 6.07 Å². The molecule has 0 saturated carbocycles. The summed E-state index contributed by atoms with van der Waals surface area (Å²) in [4.78, 5) is 4.23. The summed E-state index contributed by atoms with van der Waals surface area (Å²) in [7, 11) is 0. The van der Waals surface area contributed by atoms with Gasteiger partial charge < -0.3 is 9.73 Å². The minimum atomic E-state index is 0.514. The molecule has 96 valence electrons. The van der Waals surface area contributed by atoms with E-state index >= 15 is 0 Å². The summed E-state index contributed by atoms with van der Waals surface area (Å²) < 4.78 is 5.66. The predicted molar refractivity (Wildman–Crippen MR) is 74.2 cm³/mol. The molecule has 0 aliphatic carbocycles. The van der Waals surface area contributed by atoms with Crippen molar-refractivity contribution < 1.29 is 4.42 Å². The van der Waals surface area contributed by atoms with E-state index in [1.54, 1.807) is 18.3 Å². The van der Waals surface area contributed by atoms with Gasteiger partial charge >= 0.3 is 0 Å². The lowest BCUT2D eigenvalue weighted by atomic mass is 10.2. The number of aromatic nitrogens is 1. The molecule has 3 nitrogen and oxygen atoms in total. The van der Waals surface area contributed by atoms with E-state index in [9.17, 15) is 0 Å². The lowest BCUT2D eigenvalue weighted by molar-refractivity contribution is 0.497. The van der Waals surface area contributed by atoms with Gasteiger partial charge in [-0.2, -0.15) is 0 Å². The number of likely N-dealkylation sites (N-methyl/N-ethyl adjacent to an activating group) is 1. The van der Waals surface area contributed by atoms with Crippen molar-refractivity contribution in [2.24, 2.45) is 0 Å². The molecule has 0 bridgehead atoms. The monoisotopic (exact) mass is 284 g/mol. The molecule has 1 heterocycles. The highest BCUT2D eigenvalue weighted by Gasteiger charge is 2.08. The van der Waals surface area contributed by atoms with Gasteiger partial charge in [0.1, 0.15) is 0 Å². The highest BCUT2D eigenvalue weighted by Crippen LogP contribution is 2.28. The molecule has 0 fully saturated rings. The Kier molecular flexibility index (Phi) is 4.64. The Balaban J connectivity index is 2.11. The summed E-state index contributed by atoms with van der Waals surface area (Å²) in [5.74, 6) is 1.43. The van der Waals surface area contributed by atoms with E-state index in [-0.39, 0.29) is 0 Å². The van der Waals surface area contributed by atoms with E-state index in [0.717, 1.165) is 31.0 Å². The van der Waals surface area contributed by atoms with E-state index in [1.165, 1.54) is 0 Å². The van der Waals surface area contributed by atoms with Crippen LogP contribution in [0, 0.1) is 0 Å². The number of nitrogens with zero attached hydrogens (tertiary/aromatic N) is 1. The Labute approximate surface area is 116 Å². The molecule has 2 aromatic rings. The van der Waals surface area contributed by atoms with Crippen molar-refractivity contribution in [1.82, 2.24) is 10.3 Å². The van der Waals surface area contributed by atoms with Crippen LogP contribution in [0.1, 0.15) is 12.8 Å². The number of hydrogen-bond donors (Lipinski definition) is 1. The van der Waals surface area contributed by atoms with Gasteiger partial charge in [0.2, 0.25) is 0 Å². The van der Waals surface area contributed by atoms with E-state index in [4.69, 9.17) is 27.6 Å². The standard InChI is InChI=1S/C13H14Cl2N2O/c1-2-16-6-5-13-17-8-12(18-13)9-3-4-10(14)11(15)7-9/h3-4,7-8,16H,2,5-6H2,1H3. The first-order valence-electron chi connectivity index (χ1n) is 5.81. The largest absolute Gasteiger partial charge is 0.441 e. The van der Waals surface area contributed by atoms with E-state index < -0.39 is 0 Å². The average Bonchev–Trinajstić information content (AvgIpc) is 2.82. The summed E-state index contributed by atoms with van der Waals surface area (Å²) in [5, 5.41) is 4.27. The highest BCUT2D eigenvalue weighted by atomic mass is 35.5. The van der Waals surface area contributed by atoms with Crippen LogP contribution in [-0.2, 0) is 6.42 Å². The molecule has 0 saturated heterocycles. The van der Waals surface area contributed by atoms with Gasteiger partial charge in [0.05, 0.1) is 16.2 Å². The summed E-state index contributed by atoms with van der Waals surface area (Å²) >= 11 is 11.8. The second kappa shape index (κ2) is 6.23. The SMILES string of the molecule is CCNCCc1ncc(-c2ccc(Cl)c(Cl)c2)o1.